The number of thioether (sulfide) groups is 1. The van der Waals surface area contributed by atoms with Gasteiger partial charge in [0.2, 0.25) is 5.91 Å². The second-order valence-electron chi connectivity index (χ2n) is 5.93. The smallest absolute Gasteiger partial charge is 0.305 e. The van der Waals surface area contributed by atoms with E-state index in [9.17, 15) is 18.4 Å². The molecule has 0 aliphatic carbocycles. The second kappa shape index (κ2) is 9.28. The fourth-order valence-corrected chi connectivity index (χ4v) is 3.33. The van der Waals surface area contributed by atoms with Gasteiger partial charge in [0.25, 0.3) is 0 Å². The van der Waals surface area contributed by atoms with Crippen LogP contribution in [0.3, 0.4) is 0 Å². The van der Waals surface area contributed by atoms with Gasteiger partial charge in [0, 0.05) is 5.56 Å². The van der Waals surface area contributed by atoms with E-state index in [2.05, 4.69) is 15.5 Å². The lowest BCUT2D eigenvalue weighted by atomic mass is 10.2. The maximum absolute atomic E-state index is 14.2. The van der Waals surface area contributed by atoms with Crippen LogP contribution < -0.4 is 10.1 Å². The molecule has 0 aromatic heterocycles. The summed E-state index contributed by atoms with van der Waals surface area (Å²) in [5.74, 6) is -3.86. The van der Waals surface area contributed by atoms with Gasteiger partial charge in [0.1, 0.15) is 11.9 Å². The Morgan fingerprint density at radius 2 is 1.93 bits per heavy atom. The van der Waals surface area contributed by atoms with E-state index in [1.807, 2.05) is 6.07 Å². The molecule has 150 valence electrons. The molecule has 7 nitrogen and oxygen atoms in total. The number of hydrogen-bond acceptors (Lipinski definition) is 6. The second-order valence-corrected chi connectivity index (χ2v) is 7.12. The molecule has 1 heterocycles. The molecule has 1 aliphatic rings. The van der Waals surface area contributed by atoms with Gasteiger partial charge in [-0.15, -0.1) is 5.10 Å². The molecule has 29 heavy (non-hydrogen) atoms. The first kappa shape index (κ1) is 20.5. The average molecular weight is 419 g/mol. The Labute approximate surface area is 168 Å². The van der Waals surface area contributed by atoms with Crippen LogP contribution in [0, 0.1) is 11.6 Å². The molecule has 1 saturated heterocycles. The molecule has 1 amide bonds. The monoisotopic (exact) mass is 419 g/mol. The summed E-state index contributed by atoms with van der Waals surface area (Å²) in [7, 11) is 0. The number of ether oxygens (including phenoxy) is 1. The van der Waals surface area contributed by atoms with Gasteiger partial charge in [-0.1, -0.05) is 42.1 Å². The summed E-state index contributed by atoms with van der Waals surface area (Å²) < 4.78 is 33.6. The fourth-order valence-electron chi connectivity index (χ4n) is 2.41. The highest BCUT2D eigenvalue weighted by Crippen LogP contribution is 2.24. The summed E-state index contributed by atoms with van der Waals surface area (Å²) in [5, 5.41) is 17.9. The predicted octanol–water partition coefficient (Wildman–Crippen LogP) is 2.94. The van der Waals surface area contributed by atoms with Crippen molar-refractivity contribution < 1.29 is 28.2 Å². The molecule has 0 spiro atoms. The van der Waals surface area contributed by atoms with Crippen LogP contribution in [-0.4, -0.2) is 33.6 Å². The number of nitrogens with one attached hydrogen (secondary N) is 1. The summed E-state index contributed by atoms with van der Waals surface area (Å²) in [4.78, 5) is 22.3. The minimum absolute atomic E-state index is 0.0181. The topological polar surface area (TPSA) is 100 Å². The average Bonchev–Trinajstić information content (AvgIpc) is 3.00. The molecule has 1 fully saturated rings. The van der Waals surface area contributed by atoms with Crippen molar-refractivity contribution in [1.29, 1.82) is 0 Å². The van der Waals surface area contributed by atoms with Crippen molar-refractivity contribution in [2.24, 2.45) is 10.2 Å². The number of amides is 1. The van der Waals surface area contributed by atoms with Crippen LogP contribution >= 0.6 is 11.8 Å². The molecule has 2 N–H and O–H groups in total. The van der Waals surface area contributed by atoms with Gasteiger partial charge >= 0.3 is 5.97 Å². The van der Waals surface area contributed by atoms with Gasteiger partial charge in [0.05, 0.1) is 12.6 Å². The van der Waals surface area contributed by atoms with Crippen molar-refractivity contribution in [3.63, 3.8) is 0 Å². The Morgan fingerprint density at radius 1 is 1.24 bits per heavy atom. The van der Waals surface area contributed by atoms with E-state index in [0.29, 0.717) is 0 Å². The zero-order valence-corrected chi connectivity index (χ0v) is 15.7. The van der Waals surface area contributed by atoms with Crippen LogP contribution in [-0.2, 0) is 16.2 Å². The molecule has 0 saturated carbocycles. The zero-order chi connectivity index (χ0) is 20.8. The molecule has 0 bridgehead atoms. The first-order chi connectivity index (χ1) is 13.9. The maximum atomic E-state index is 14.2. The van der Waals surface area contributed by atoms with Crippen molar-refractivity contribution in [2.75, 3.05) is 0 Å². The maximum Gasteiger partial charge on any atom is 0.305 e. The lowest BCUT2D eigenvalue weighted by Crippen LogP contribution is -2.26. The number of hydrogen-bond donors (Lipinski definition) is 2. The van der Waals surface area contributed by atoms with E-state index in [1.54, 1.807) is 24.3 Å². The molecule has 10 heteroatoms. The number of benzene rings is 2. The largest absolute Gasteiger partial charge is 0.483 e. The number of rotatable bonds is 7. The quantitative estimate of drug-likeness (QED) is 0.531. The summed E-state index contributed by atoms with van der Waals surface area (Å²) >= 11 is 0.922. The van der Waals surface area contributed by atoms with Crippen LogP contribution in [0.2, 0.25) is 0 Å². The minimum atomic E-state index is -1.11. The van der Waals surface area contributed by atoms with Gasteiger partial charge in [-0.25, -0.2) is 8.78 Å². The van der Waals surface area contributed by atoms with Crippen LogP contribution in [0.1, 0.15) is 17.5 Å². The molecule has 2 aromatic carbocycles. The number of halogens is 2. The number of carbonyl (C=O) groups is 2. The molecule has 3 rings (SSSR count). The first-order valence-electron chi connectivity index (χ1n) is 8.38. The highest BCUT2D eigenvalue weighted by molar-refractivity contribution is 8.15. The van der Waals surface area contributed by atoms with E-state index < -0.39 is 34.5 Å². The number of amidine groups is 1. The summed E-state index contributed by atoms with van der Waals surface area (Å²) in [6.45, 7) is 0.0181. The molecule has 2 aromatic rings. The lowest BCUT2D eigenvalue weighted by molar-refractivity contribution is -0.138. The zero-order valence-electron chi connectivity index (χ0n) is 14.8. The van der Waals surface area contributed by atoms with Crippen LogP contribution in [0.15, 0.2) is 52.7 Å². The van der Waals surface area contributed by atoms with Crippen molar-refractivity contribution >= 4 is 35.0 Å². The van der Waals surface area contributed by atoms with Crippen LogP contribution in [0.25, 0.3) is 0 Å². The van der Waals surface area contributed by atoms with E-state index in [4.69, 9.17) is 9.84 Å². The van der Waals surface area contributed by atoms with Gasteiger partial charge in [0.15, 0.2) is 22.6 Å². The van der Waals surface area contributed by atoms with Crippen molar-refractivity contribution in [1.82, 2.24) is 5.32 Å². The molecule has 1 unspecified atom stereocenters. The molecular weight excluding hydrogens is 404 g/mol. The Hall–Kier alpha value is -3.27. The first-order valence-corrected chi connectivity index (χ1v) is 9.26. The Bertz CT molecular complexity index is 960. The Morgan fingerprint density at radius 3 is 2.59 bits per heavy atom. The molecule has 1 aliphatic heterocycles. The molecule has 1 atom stereocenters. The predicted molar refractivity (Wildman–Crippen MR) is 104 cm³/mol. The number of aliphatic carboxylic acids is 1. The number of carboxylic acids is 1. The van der Waals surface area contributed by atoms with Gasteiger partial charge in [-0.3, -0.25) is 9.59 Å². The standard InChI is InChI=1S/C19H15F2N3O4S/c20-13-6-12(7-14(21)17(13)28-10-11-4-2-1-3-5-11)9-22-24-19-23-18(27)15(29-19)8-16(25)26/h1-7,9,15H,8,10H2,(H,25,26)(H,23,24,27). The van der Waals surface area contributed by atoms with E-state index in [-0.39, 0.29) is 23.8 Å². The summed E-state index contributed by atoms with van der Waals surface area (Å²) in [6.07, 6.45) is 0.761. The van der Waals surface area contributed by atoms with E-state index in [0.717, 1.165) is 35.7 Å². The minimum Gasteiger partial charge on any atom is -0.483 e. The van der Waals surface area contributed by atoms with E-state index in [1.165, 1.54) is 0 Å². The number of nitrogens with zero attached hydrogens (tertiary/aromatic N) is 2. The lowest BCUT2D eigenvalue weighted by Gasteiger charge is -2.09. The number of carbonyl (C=O) groups excluding carboxylic acids is 1. The van der Waals surface area contributed by atoms with Crippen LogP contribution in [0.4, 0.5) is 8.78 Å². The van der Waals surface area contributed by atoms with Gasteiger partial charge in [-0.05, 0) is 17.7 Å². The van der Waals surface area contributed by atoms with Gasteiger partial charge in [-0.2, -0.15) is 5.10 Å². The Balaban J connectivity index is 1.64. The highest BCUT2D eigenvalue weighted by Gasteiger charge is 2.32. The normalized spacial score (nSPS) is 17.7. The summed E-state index contributed by atoms with van der Waals surface area (Å²) in [5.41, 5.74) is 0.873. The van der Waals surface area contributed by atoms with E-state index >= 15 is 0 Å². The fraction of sp³-hybridized carbons (Fsp3) is 0.158. The highest BCUT2D eigenvalue weighted by atomic mass is 32.2. The van der Waals surface area contributed by atoms with Crippen LogP contribution in [0.5, 0.6) is 5.75 Å². The SMILES string of the molecule is O=C(O)CC1SC(=NN=Cc2cc(F)c(OCc3ccccc3)c(F)c2)NC1=O. The van der Waals surface area contributed by atoms with Gasteiger partial charge < -0.3 is 15.2 Å². The molecule has 0 radical (unpaired) electrons. The van der Waals surface area contributed by atoms with Crippen molar-refractivity contribution in [3.8, 4) is 5.75 Å². The van der Waals surface area contributed by atoms with Crippen molar-refractivity contribution in [2.45, 2.75) is 18.3 Å². The summed E-state index contributed by atoms with van der Waals surface area (Å²) in [6, 6.07) is 11.0. The third kappa shape index (κ3) is 5.61. The third-order valence-corrected chi connectivity index (χ3v) is 4.81. The molecular formula is C19H15F2N3O4S. The van der Waals surface area contributed by atoms with Crippen molar-refractivity contribution in [3.05, 3.63) is 65.2 Å². The third-order valence-electron chi connectivity index (χ3n) is 3.74. The Kier molecular flexibility index (Phi) is 6.55. The number of carboxylic acid groups (broad SMARTS) is 1.